The van der Waals surface area contributed by atoms with Gasteiger partial charge in [0.2, 0.25) is 5.91 Å². The maximum atomic E-state index is 11.7. The number of carbonyl (C=O) groups excluding carboxylic acids is 1. The topological polar surface area (TPSA) is 53.6 Å². The molecule has 1 aliphatic rings. The van der Waals surface area contributed by atoms with Gasteiger partial charge in [-0.3, -0.25) is 9.69 Å². The lowest BCUT2D eigenvalue weighted by atomic mass is 10.2. The zero-order valence-corrected chi connectivity index (χ0v) is 12.3. The Morgan fingerprint density at radius 3 is 2.67 bits per heavy atom. The Bertz CT molecular complexity index is 453. The van der Waals surface area contributed by atoms with Crippen molar-refractivity contribution < 1.29 is 9.53 Å². The molecular formula is C16H23N3O2. The van der Waals surface area contributed by atoms with Crippen molar-refractivity contribution in [2.45, 2.75) is 6.54 Å². The lowest BCUT2D eigenvalue weighted by Crippen LogP contribution is -2.35. The van der Waals surface area contributed by atoms with E-state index in [1.54, 1.807) is 6.08 Å². The summed E-state index contributed by atoms with van der Waals surface area (Å²) in [4.78, 5) is 14.0. The van der Waals surface area contributed by atoms with E-state index < -0.39 is 0 Å². The van der Waals surface area contributed by atoms with Crippen molar-refractivity contribution in [3.05, 3.63) is 42.5 Å². The minimum absolute atomic E-state index is 0.0437. The fourth-order valence-electron chi connectivity index (χ4n) is 2.20. The zero-order valence-electron chi connectivity index (χ0n) is 12.3. The summed E-state index contributed by atoms with van der Waals surface area (Å²) < 4.78 is 5.34. The van der Waals surface area contributed by atoms with Gasteiger partial charge in [-0.05, 0) is 17.7 Å². The lowest BCUT2D eigenvalue weighted by Gasteiger charge is -2.26. The molecule has 1 fully saturated rings. The van der Waals surface area contributed by atoms with Crippen molar-refractivity contribution in [1.29, 1.82) is 0 Å². The molecule has 0 atom stereocenters. The molecule has 1 saturated heterocycles. The number of morpholine rings is 1. The molecule has 0 bridgehead atoms. The average molecular weight is 289 g/mol. The summed E-state index contributed by atoms with van der Waals surface area (Å²) in [7, 11) is 0. The van der Waals surface area contributed by atoms with Crippen molar-refractivity contribution in [3.8, 4) is 0 Å². The first-order valence-corrected chi connectivity index (χ1v) is 7.28. The van der Waals surface area contributed by atoms with Gasteiger partial charge in [0.25, 0.3) is 0 Å². The average Bonchev–Trinajstić information content (AvgIpc) is 2.51. The Labute approximate surface area is 126 Å². The standard InChI is InChI=1S/C16H23N3O2/c1-2-7-17-12-16(20)18-15-5-3-14(4-6-15)13-19-8-10-21-11-9-19/h2-6,17H,1,7-13H2,(H,18,20). The first-order chi connectivity index (χ1) is 10.3. The van der Waals surface area contributed by atoms with Crippen LogP contribution in [0.3, 0.4) is 0 Å². The molecule has 5 heteroatoms. The molecule has 0 aromatic heterocycles. The molecule has 1 aromatic rings. The molecule has 1 amide bonds. The van der Waals surface area contributed by atoms with Gasteiger partial charge in [-0.15, -0.1) is 6.58 Å². The Hall–Kier alpha value is -1.69. The summed E-state index contributed by atoms with van der Waals surface area (Å²) >= 11 is 0. The summed E-state index contributed by atoms with van der Waals surface area (Å²) in [6.07, 6.45) is 1.73. The predicted octanol–water partition coefficient (Wildman–Crippen LogP) is 1.23. The van der Waals surface area contributed by atoms with E-state index in [1.165, 1.54) is 5.56 Å². The third-order valence-electron chi connectivity index (χ3n) is 3.32. The molecule has 0 saturated carbocycles. The highest BCUT2D eigenvalue weighted by atomic mass is 16.5. The highest BCUT2D eigenvalue weighted by molar-refractivity contribution is 5.92. The van der Waals surface area contributed by atoms with E-state index >= 15 is 0 Å². The maximum absolute atomic E-state index is 11.7. The smallest absolute Gasteiger partial charge is 0.238 e. The van der Waals surface area contributed by atoms with Gasteiger partial charge in [-0.2, -0.15) is 0 Å². The first-order valence-electron chi connectivity index (χ1n) is 7.28. The van der Waals surface area contributed by atoms with Crippen LogP contribution < -0.4 is 10.6 Å². The largest absolute Gasteiger partial charge is 0.379 e. The van der Waals surface area contributed by atoms with Gasteiger partial charge < -0.3 is 15.4 Å². The Balaban J connectivity index is 1.78. The number of benzene rings is 1. The third kappa shape index (κ3) is 5.67. The monoisotopic (exact) mass is 289 g/mol. The highest BCUT2D eigenvalue weighted by Gasteiger charge is 2.10. The van der Waals surface area contributed by atoms with Crippen molar-refractivity contribution in [3.63, 3.8) is 0 Å². The number of rotatable bonds is 7. The minimum atomic E-state index is -0.0437. The van der Waals surface area contributed by atoms with Crippen molar-refractivity contribution in [2.75, 3.05) is 44.7 Å². The van der Waals surface area contributed by atoms with E-state index in [9.17, 15) is 4.79 Å². The number of ether oxygens (including phenoxy) is 1. The highest BCUT2D eigenvalue weighted by Crippen LogP contribution is 2.12. The van der Waals surface area contributed by atoms with Gasteiger partial charge >= 0.3 is 0 Å². The van der Waals surface area contributed by atoms with Gasteiger partial charge in [0.1, 0.15) is 0 Å². The van der Waals surface area contributed by atoms with Crippen LogP contribution in [0.25, 0.3) is 0 Å². The second-order valence-corrected chi connectivity index (χ2v) is 5.05. The Kier molecular flexibility index (Phi) is 6.40. The van der Waals surface area contributed by atoms with Crippen LogP contribution in [-0.4, -0.2) is 50.2 Å². The van der Waals surface area contributed by atoms with Crippen LogP contribution in [0.2, 0.25) is 0 Å². The fraction of sp³-hybridized carbons (Fsp3) is 0.438. The van der Waals surface area contributed by atoms with Crippen molar-refractivity contribution in [1.82, 2.24) is 10.2 Å². The Morgan fingerprint density at radius 2 is 2.00 bits per heavy atom. The SMILES string of the molecule is C=CCNCC(=O)Nc1ccc(CN2CCOCC2)cc1. The molecule has 0 aliphatic carbocycles. The molecule has 1 aromatic carbocycles. The van der Waals surface area contributed by atoms with Crippen LogP contribution in [0, 0.1) is 0 Å². The summed E-state index contributed by atoms with van der Waals surface area (Å²) in [6, 6.07) is 8.01. The summed E-state index contributed by atoms with van der Waals surface area (Å²) in [5, 5.41) is 5.83. The fourth-order valence-corrected chi connectivity index (χ4v) is 2.20. The number of carbonyl (C=O) groups is 1. The van der Waals surface area contributed by atoms with E-state index in [0.717, 1.165) is 38.5 Å². The summed E-state index contributed by atoms with van der Waals surface area (Å²) in [5.74, 6) is -0.0437. The number of nitrogens with zero attached hydrogens (tertiary/aromatic N) is 1. The first kappa shape index (κ1) is 15.7. The second kappa shape index (κ2) is 8.56. The molecule has 0 spiro atoms. The molecule has 114 valence electrons. The summed E-state index contributed by atoms with van der Waals surface area (Å²) in [6.45, 7) is 9.03. The lowest BCUT2D eigenvalue weighted by molar-refractivity contribution is -0.115. The molecule has 1 aliphatic heterocycles. The molecule has 0 radical (unpaired) electrons. The van der Waals surface area contributed by atoms with E-state index in [-0.39, 0.29) is 5.91 Å². The second-order valence-electron chi connectivity index (χ2n) is 5.05. The number of hydrogen-bond donors (Lipinski definition) is 2. The quantitative estimate of drug-likeness (QED) is 0.586. The van der Waals surface area contributed by atoms with Crippen molar-refractivity contribution >= 4 is 11.6 Å². The minimum Gasteiger partial charge on any atom is -0.379 e. The van der Waals surface area contributed by atoms with Crippen LogP contribution in [-0.2, 0) is 16.1 Å². The molecule has 0 unspecified atom stereocenters. The van der Waals surface area contributed by atoms with Crippen LogP contribution in [0.5, 0.6) is 0 Å². The zero-order chi connectivity index (χ0) is 14.9. The van der Waals surface area contributed by atoms with Gasteiger partial charge in [0.15, 0.2) is 0 Å². The van der Waals surface area contributed by atoms with Gasteiger partial charge in [-0.1, -0.05) is 18.2 Å². The maximum Gasteiger partial charge on any atom is 0.238 e. The van der Waals surface area contributed by atoms with Gasteiger partial charge in [-0.25, -0.2) is 0 Å². The Morgan fingerprint density at radius 1 is 1.29 bits per heavy atom. The molecule has 21 heavy (non-hydrogen) atoms. The third-order valence-corrected chi connectivity index (χ3v) is 3.32. The molecule has 1 heterocycles. The van der Waals surface area contributed by atoms with Crippen LogP contribution in [0.15, 0.2) is 36.9 Å². The van der Waals surface area contributed by atoms with Crippen LogP contribution >= 0.6 is 0 Å². The molecule has 2 rings (SSSR count). The van der Waals surface area contributed by atoms with E-state index in [4.69, 9.17) is 4.74 Å². The summed E-state index contributed by atoms with van der Waals surface area (Å²) in [5.41, 5.74) is 2.07. The number of anilines is 1. The predicted molar refractivity (Wildman–Crippen MR) is 84.2 cm³/mol. The normalized spacial score (nSPS) is 15.6. The molecule has 2 N–H and O–H groups in total. The van der Waals surface area contributed by atoms with Gasteiger partial charge in [0, 0.05) is 31.9 Å². The number of hydrogen-bond acceptors (Lipinski definition) is 4. The van der Waals surface area contributed by atoms with E-state index in [0.29, 0.717) is 13.1 Å². The van der Waals surface area contributed by atoms with Gasteiger partial charge in [0.05, 0.1) is 19.8 Å². The number of amides is 1. The van der Waals surface area contributed by atoms with Crippen molar-refractivity contribution in [2.24, 2.45) is 0 Å². The van der Waals surface area contributed by atoms with E-state index in [1.807, 2.05) is 12.1 Å². The molecular weight excluding hydrogens is 266 g/mol. The number of nitrogens with one attached hydrogen (secondary N) is 2. The van der Waals surface area contributed by atoms with Crippen LogP contribution in [0.1, 0.15) is 5.56 Å². The van der Waals surface area contributed by atoms with Crippen LogP contribution in [0.4, 0.5) is 5.69 Å². The molecule has 5 nitrogen and oxygen atoms in total. The van der Waals surface area contributed by atoms with E-state index in [2.05, 4.69) is 34.2 Å².